The zero-order valence-electron chi connectivity index (χ0n) is 10.5. The predicted molar refractivity (Wildman–Crippen MR) is 69.9 cm³/mol. The number of aryl methyl sites for hydroxylation is 1. The van der Waals surface area contributed by atoms with Crippen LogP contribution < -0.4 is 4.74 Å². The van der Waals surface area contributed by atoms with Gasteiger partial charge in [0.05, 0.1) is 11.9 Å². The summed E-state index contributed by atoms with van der Waals surface area (Å²) < 4.78 is 5.69. The Hall–Kier alpha value is -2.96. The standard InChI is InChI=1S/C13H10N4O3/c1-7-2-3-8(13(18)19)4-9(7)20-12-10-11(15-5-14-10)16-6-17-12/h2-6H,1H3,(H,18,19)(H,14,15,16,17). The maximum absolute atomic E-state index is 11.0. The number of nitrogens with one attached hydrogen (secondary N) is 1. The second-order valence-corrected chi connectivity index (χ2v) is 4.17. The Morgan fingerprint density at radius 2 is 2.15 bits per heavy atom. The van der Waals surface area contributed by atoms with Gasteiger partial charge in [-0.1, -0.05) is 6.07 Å². The second kappa shape index (κ2) is 4.61. The van der Waals surface area contributed by atoms with Gasteiger partial charge in [-0.3, -0.25) is 0 Å². The third kappa shape index (κ3) is 2.05. The van der Waals surface area contributed by atoms with Crippen molar-refractivity contribution in [3.05, 3.63) is 42.0 Å². The largest absolute Gasteiger partial charge is 0.478 e. The summed E-state index contributed by atoms with van der Waals surface area (Å²) >= 11 is 0. The fourth-order valence-corrected chi connectivity index (χ4v) is 1.77. The molecule has 0 saturated heterocycles. The van der Waals surface area contributed by atoms with Gasteiger partial charge in [0.15, 0.2) is 5.65 Å². The number of hydrogen-bond acceptors (Lipinski definition) is 5. The summed E-state index contributed by atoms with van der Waals surface area (Å²) in [7, 11) is 0. The molecule has 0 aliphatic rings. The molecule has 2 aromatic heterocycles. The smallest absolute Gasteiger partial charge is 0.335 e. The van der Waals surface area contributed by atoms with Crippen LogP contribution in [0, 0.1) is 6.92 Å². The highest BCUT2D eigenvalue weighted by Crippen LogP contribution is 2.27. The molecule has 3 rings (SSSR count). The van der Waals surface area contributed by atoms with E-state index in [4.69, 9.17) is 9.84 Å². The van der Waals surface area contributed by atoms with Gasteiger partial charge >= 0.3 is 5.97 Å². The Morgan fingerprint density at radius 1 is 1.30 bits per heavy atom. The third-order valence-corrected chi connectivity index (χ3v) is 2.83. The van der Waals surface area contributed by atoms with Crippen LogP contribution >= 0.6 is 0 Å². The van der Waals surface area contributed by atoms with Gasteiger partial charge in [0.1, 0.15) is 17.6 Å². The van der Waals surface area contributed by atoms with Crippen molar-refractivity contribution in [1.82, 2.24) is 19.9 Å². The van der Waals surface area contributed by atoms with Crippen LogP contribution in [0.1, 0.15) is 15.9 Å². The quantitative estimate of drug-likeness (QED) is 0.756. The number of carboxylic acids is 1. The number of carboxylic acid groups (broad SMARTS) is 1. The summed E-state index contributed by atoms with van der Waals surface area (Å²) in [5.41, 5.74) is 2.01. The number of nitrogens with zero attached hydrogens (tertiary/aromatic N) is 3. The fraction of sp³-hybridized carbons (Fsp3) is 0.0769. The lowest BCUT2D eigenvalue weighted by atomic mass is 10.1. The molecule has 0 unspecified atom stereocenters. The van der Waals surface area contributed by atoms with E-state index in [-0.39, 0.29) is 5.56 Å². The first kappa shape index (κ1) is 12.1. The molecule has 0 saturated carbocycles. The second-order valence-electron chi connectivity index (χ2n) is 4.17. The van der Waals surface area contributed by atoms with Crippen molar-refractivity contribution in [2.45, 2.75) is 6.92 Å². The number of benzene rings is 1. The van der Waals surface area contributed by atoms with Crippen LogP contribution in [-0.2, 0) is 0 Å². The average molecular weight is 270 g/mol. The molecule has 0 fully saturated rings. The summed E-state index contributed by atoms with van der Waals surface area (Å²) in [4.78, 5) is 25.9. The molecule has 1 aromatic carbocycles. The Balaban J connectivity index is 2.04. The molecule has 7 heteroatoms. The first-order valence-electron chi connectivity index (χ1n) is 5.81. The maximum Gasteiger partial charge on any atom is 0.335 e. The number of aromatic nitrogens is 4. The molecular formula is C13H10N4O3. The minimum absolute atomic E-state index is 0.153. The summed E-state index contributed by atoms with van der Waals surface area (Å²) in [6.07, 6.45) is 2.83. The van der Waals surface area contributed by atoms with E-state index in [2.05, 4.69) is 19.9 Å². The number of fused-ring (bicyclic) bond motifs is 1. The number of ether oxygens (including phenoxy) is 1. The Kier molecular flexibility index (Phi) is 2.79. The first-order valence-corrected chi connectivity index (χ1v) is 5.81. The number of imidazole rings is 1. The zero-order chi connectivity index (χ0) is 14.1. The van der Waals surface area contributed by atoms with E-state index in [0.29, 0.717) is 22.8 Å². The summed E-state index contributed by atoms with van der Waals surface area (Å²) in [6.45, 7) is 1.83. The van der Waals surface area contributed by atoms with E-state index in [1.807, 2.05) is 6.92 Å². The molecule has 0 radical (unpaired) electrons. The van der Waals surface area contributed by atoms with Gasteiger partial charge in [0, 0.05) is 0 Å². The number of H-pyrrole nitrogens is 1. The first-order chi connectivity index (χ1) is 9.65. The van der Waals surface area contributed by atoms with Crippen molar-refractivity contribution in [3.8, 4) is 11.6 Å². The topological polar surface area (TPSA) is 101 Å². The summed E-state index contributed by atoms with van der Waals surface area (Å²) in [5.74, 6) is -0.276. The lowest BCUT2D eigenvalue weighted by Crippen LogP contribution is -1.98. The van der Waals surface area contributed by atoms with Gasteiger partial charge in [-0.2, -0.15) is 4.98 Å². The molecule has 0 bridgehead atoms. The molecule has 0 atom stereocenters. The van der Waals surface area contributed by atoms with Crippen LogP contribution in [-0.4, -0.2) is 31.0 Å². The van der Waals surface area contributed by atoms with Gasteiger partial charge in [0.2, 0.25) is 5.88 Å². The van der Waals surface area contributed by atoms with Crippen molar-refractivity contribution in [3.63, 3.8) is 0 Å². The van der Waals surface area contributed by atoms with Gasteiger partial charge in [-0.15, -0.1) is 0 Å². The van der Waals surface area contributed by atoms with Crippen molar-refractivity contribution in [2.75, 3.05) is 0 Å². The van der Waals surface area contributed by atoms with E-state index in [1.165, 1.54) is 24.8 Å². The van der Waals surface area contributed by atoms with E-state index in [9.17, 15) is 4.79 Å². The summed E-state index contributed by atoms with van der Waals surface area (Å²) in [5, 5.41) is 9.01. The van der Waals surface area contributed by atoms with Crippen LogP contribution in [0.3, 0.4) is 0 Å². The number of aromatic carboxylic acids is 1. The molecule has 0 aliphatic carbocycles. The number of aromatic amines is 1. The molecule has 0 spiro atoms. The summed E-state index contributed by atoms with van der Waals surface area (Å²) in [6, 6.07) is 4.67. The van der Waals surface area contributed by atoms with Crippen LogP contribution in [0.4, 0.5) is 0 Å². The number of hydrogen-bond donors (Lipinski definition) is 2. The van der Waals surface area contributed by atoms with E-state index in [0.717, 1.165) is 5.56 Å². The minimum Gasteiger partial charge on any atom is -0.478 e. The van der Waals surface area contributed by atoms with E-state index >= 15 is 0 Å². The SMILES string of the molecule is Cc1ccc(C(=O)O)cc1Oc1ncnc2nc[nH]c12. The van der Waals surface area contributed by atoms with Gasteiger partial charge < -0.3 is 14.8 Å². The highest BCUT2D eigenvalue weighted by atomic mass is 16.5. The van der Waals surface area contributed by atoms with Crippen LogP contribution in [0.25, 0.3) is 11.2 Å². The lowest BCUT2D eigenvalue weighted by molar-refractivity contribution is 0.0696. The molecule has 0 amide bonds. The van der Waals surface area contributed by atoms with Crippen molar-refractivity contribution in [2.24, 2.45) is 0 Å². The van der Waals surface area contributed by atoms with Gasteiger partial charge in [-0.25, -0.2) is 14.8 Å². The molecule has 20 heavy (non-hydrogen) atoms. The maximum atomic E-state index is 11.0. The minimum atomic E-state index is -1.01. The molecule has 100 valence electrons. The Bertz CT molecular complexity index is 797. The number of rotatable bonds is 3. The molecule has 2 N–H and O–H groups in total. The van der Waals surface area contributed by atoms with Crippen LogP contribution in [0.5, 0.6) is 11.6 Å². The highest BCUT2D eigenvalue weighted by molar-refractivity contribution is 5.88. The normalized spacial score (nSPS) is 10.7. The third-order valence-electron chi connectivity index (χ3n) is 2.83. The van der Waals surface area contributed by atoms with Crippen LogP contribution in [0.15, 0.2) is 30.9 Å². The van der Waals surface area contributed by atoms with Gasteiger partial charge in [-0.05, 0) is 24.6 Å². The molecule has 0 aliphatic heterocycles. The van der Waals surface area contributed by atoms with Crippen molar-refractivity contribution < 1.29 is 14.6 Å². The Morgan fingerprint density at radius 3 is 2.95 bits per heavy atom. The molecule has 3 aromatic rings. The molecule has 7 nitrogen and oxygen atoms in total. The molecular weight excluding hydrogens is 260 g/mol. The molecule has 2 heterocycles. The van der Waals surface area contributed by atoms with Crippen molar-refractivity contribution >= 4 is 17.1 Å². The number of carbonyl (C=O) groups is 1. The Labute approximate surface area is 113 Å². The predicted octanol–water partition coefficient (Wildman–Crippen LogP) is 2.15. The zero-order valence-corrected chi connectivity index (χ0v) is 10.5. The van der Waals surface area contributed by atoms with Crippen LogP contribution in [0.2, 0.25) is 0 Å². The van der Waals surface area contributed by atoms with Gasteiger partial charge in [0.25, 0.3) is 0 Å². The monoisotopic (exact) mass is 270 g/mol. The fourth-order valence-electron chi connectivity index (χ4n) is 1.77. The lowest BCUT2D eigenvalue weighted by Gasteiger charge is -2.08. The highest BCUT2D eigenvalue weighted by Gasteiger charge is 2.12. The van der Waals surface area contributed by atoms with E-state index in [1.54, 1.807) is 6.07 Å². The van der Waals surface area contributed by atoms with Crippen molar-refractivity contribution in [1.29, 1.82) is 0 Å². The average Bonchev–Trinajstić information content (AvgIpc) is 2.90. The van der Waals surface area contributed by atoms with E-state index < -0.39 is 5.97 Å².